The molecule has 0 bridgehead atoms. The summed E-state index contributed by atoms with van der Waals surface area (Å²) in [6.07, 6.45) is 2.76. The Morgan fingerprint density at radius 3 is 2.86 bits per heavy atom. The van der Waals surface area contributed by atoms with Crippen molar-refractivity contribution in [1.29, 1.82) is 0 Å². The first kappa shape index (κ1) is 17.0. The Hall–Kier alpha value is -1.38. The number of aromatic nitrogens is 2. The molecule has 0 aliphatic carbocycles. The molecule has 1 atom stereocenters. The van der Waals surface area contributed by atoms with Gasteiger partial charge in [-0.1, -0.05) is 12.1 Å². The van der Waals surface area contributed by atoms with Crippen LogP contribution in [0.5, 0.6) is 0 Å². The molecular weight excluding hydrogens is 325 g/mol. The molecule has 120 valence electrons. The lowest BCUT2D eigenvalue weighted by molar-refractivity contribution is 0.584. The van der Waals surface area contributed by atoms with Gasteiger partial charge in [-0.3, -0.25) is 4.68 Å². The third-order valence-electron chi connectivity index (χ3n) is 3.07. The molecule has 0 aliphatic rings. The van der Waals surface area contributed by atoms with Crippen LogP contribution in [0.15, 0.2) is 41.6 Å². The van der Waals surface area contributed by atoms with Gasteiger partial charge in [0.25, 0.3) is 0 Å². The second-order valence-electron chi connectivity index (χ2n) is 4.82. The van der Waals surface area contributed by atoms with Crippen LogP contribution in [0.25, 0.3) is 0 Å². The minimum Gasteiger partial charge on any atom is -0.274 e. The maximum Gasteiger partial charge on any atom is 0.243 e. The van der Waals surface area contributed by atoms with Crippen LogP contribution >= 0.6 is 11.8 Å². The number of nitrogens with zero attached hydrogens (tertiary/aromatic N) is 2. The molecule has 22 heavy (non-hydrogen) atoms. The van der Waals surface area contributed by atoms with Crippen LogP contribution in [0.1, 0.15) is 17.7 Å². The fourth-order valence-electron chi connectivity index (χ4n) is 1.89. The molecule has 1 unspecified atom stereocenters. The van der Waals surface area contributed by atoms with Crippen molar-refractivity contribution < 1.29 is 12.8 Å². The normalized spacial score (nSPS) is 13.2. The van der Waals surface area contributed by atoms with Crippen molar-refractivity contribution in [1.82, 2.24) is 14.5 Å². The molecule has 0 aliphatic heterocycles. The first-order valence-corrected chi connectivity index (χ1v) is 9.27. The summed E-state index contributed by atoms with van der Waals surface area (Å²) >= 11 is 1.56. The van der Waals surface area contributed by atoms with Gasteiger partial charge in [0.05, 0.1) is 6.20 Å². The van der Waals surface area contributed by atoms with E-state index in [1.165, 1.54) is 29.2 Å². The Labute approximate surface area is 134 Å². The predicted molar refractivity (Wildman–Crippen MR) is 85.7 cm³/mol. The van der Waals surface area contributed by atoms with Gasteiger partial charge in [0.2, 0.25) is 10.0 Å². The van der Waals surface area contributed by atoms with Crippen LogP contribution in [0.3, 0.4) is 0 Å². The molecule has 8 heteroatoms. The molecule has 0 saturated carbocycles. The van der Waals surface area contributed by atoms with Crippen LogP contribution in [-0.2, 0) is 17.1 Å². The predicted octanol–water partition coefficient (Wildman–Crippen LogP) is 2.33. The van der Waals surface area contributed by atoms with Gasteiger partial charge in [-0.25, -0.2) is 17.5 Å². The van der Waals surface area contributed by atoms with E-state index in [1.807, 2.05) is 13.0 Å². The first-order chi connectivity index (χ1) is 10.4. The molecule has 1 heterocycles. The van der Waals surface area contributed by atoms with Crippen molar-refractivity contribution in [2.45, 2.75) is 17.1 Å². The van der Waals surface area contributed by atoms with E-state index in [2.05, 4.69) is 9.82 Å². The lowest BCUT2D eigenvalue weighted by Gasteiger charge is -2.12. The van der Waals surface area contributed by atoms with Gasteiger partial charge in [0.1, 0.15) is 10.7 Å². The van der Waals surface area contributed by atoms with E-state index in [0.717, 1.165) is 5.56 Å². The van der Waals surface area contributed by atoms with Gasteiger partial charge in [0, 0.05) is 30.8 Å². The average Bonchev–Trinajstić information content (AvgIpc) is 2.91. The maximum absolute atomic E-state index is 13.2. The van der Waals surface area contributed by atoms with Crippen LogP contribution in [-0.4, -0.2) is 30.5 Å². The smallest absolute Gasteiger partial charge is 0.243 e. The summed E-state index contributed by atoms with van der Waals surface area (Å²) in [5, 5.41) is 3.94. The van der Waals surface area contributed by atoms with Crippen LogP contribution < -0.4 is 4.72 Å². The number of nitrogens with one attached hydrogen (secondary N) is 1. The summed E-state index contributed by atoms with van der Waals surface area (Å²) in [5.41, 5.74) is 0.889. The summed E-state index contributed by atoms with van der Waals surface area (Å²) in [5.74, 6) is 0.333. The topological polar surface area (TPSA) is 64.0 Å². The van der Waals surface area contributed by atoms with Crippen molar-refractivity contribution in [3.63, 3.8) is 0 Å². The lowest BCUT2D eigenvalue weighted by Crippen LogP contribution is -2.25. The second-order valence-corrected chi connectivity index (χ2v) is 8.03. The number of sulfonamides is 1. The van der Waals surface area contributed by atoms with Crippen LogP contribution in [0, 0.1) is 5.82 Å². The van der Waals surface area contributed by atoms with Gasteiger partial charge in [0.15, 0.2) is 0 Å². The van der Waals surface area contributed by atoms with Gasteiger partial charge in [-0.05, 0) is 24.6 Å². The van der Waals surface area contributed by atoms with Crippen molar-refractivity contribution in [3.05, 3.63) is 48.0 Å². The van der Waals surface area contributed by atoms with Gasteiger partial charge >= 0.3 is 0 Å². The third kappa shape index (κ3) is 4.56. The molecule has 0 amide bonds. The summed E-state index contributed by atoms with van der Waals surface area (Å²) in [6.45, 7) is 2.27. The monoisotopic (exact) mass is 343 g/mol. The number of rotatable bonds is 7. The first-order valence-electron chi connectivity index (χ1n) is 6.74. The average molecular weight is 343 g/mol. The van der Waals surface area contributed by atoms with E-state index in [4.69, 9.17) is 0 Å². The molecule has 1 aromatic carbocycles. The molecule has 5 nitrogen and oxygen atoms in total. The number of thioether (sulfide) groups is 1. The van der Waals surface area contributed by atoms with Crippen LogP contribution in [0.2, 0.25) is 0 Å². The largest absolute Gasteiger partial charge is 0.274 e. The molecule has 2 aromatic rings. The highest BCUT2D eigenvalue weighted by Gasteiger charge is 2.15. The number of aryl methyl sites for hydroxylation is 1. The van der Waals surface area contributed by atoms with Crippen molar-refractivity contribution >= 4 is 21.8 Å². The quantitative estimate of drug-likeness (QED) is 0.784. The fourth-order valence-corrected chi connectivity index (χ4v) is 3.94. The molecular formula is C14H18FN3O2S2. The molecule has 0 spiro atoms. The van der Waals surface area contributed by atoms with Gasteiger partial charge in [-0.2, -0.15) is 16.9 Å². The SMILES string of the molecule is CC(SCCNS(=O)(=O)c1cnn(C)c1)c1cccc(F)c1. The van der Waals surface area contributed by atoms with Crippen LogP contribution in [0.4, 0.5) is 4.39 Å². The van der Waals surface area contributed by atoms with E-state index >= 15 is 0 Å². The van der Waals surface area contributed by atoms with Gasteiger partial charge < -0.3 is 0 Å². The summed E-state index contributed by atoms with van der Waals surface area (Å²) in [7, 11) is -1.85. The number of hydrogen-bond acceptors (Lipinski definition) is 4. The third-order valence-corrected chi connectivity index (χ3v) is 5.70. The van der Waals surface area contributed by atoms with Crippen molar-refractivity contribution in [2.75, 3.05) is 12.3 Å². The van der Waals surface area contributed by atoms with E-state index < -0.39 is 10.0 Å². The summed E-state index contributed by atoms with van der Waals surface area (Å²) in [6, 6.07) is 6.44. The molecule has 1 N–H and O–H groups in total. The van der Waals surface area contributed by atoms with Crippen molar-refractivity contribution in [3.8, 4) is 0 Å². The Morgan fingerprint density at radius 1 is 1.45 bits per heavy atom. The number of benzene rings is 1. The fraction of sp³-hybridized carbons (Fsp3) is 0.357. The lowest BCUT2D eigenvalue weighted by atomic mass is 10.2. The Balaban J connectivity index is 1.82. The molecule has 0 saturated heterocycles. The molecule has 1 aromatic heterocycles. The van der Waals surface area contributed by atoms with E-state index in [1.54, 1.807) is 24.9 Å². The zero-order valence-corrected chi connectivity index (χ0v) is 14.0. The van der Waals surface area contributed by atoms with E-state index in [9.17, 15) is 12.8 Å². The molecule has 0 fully saturated rings. The minimum atomic E-state index is -3.52. The maximum atomic E-state index is 13.2. The zero-order chi connectivity index (χ0) is 16.2. The number of halogens is 1. The highest BCUT2D eigenvalue weighted by Crippen LogP contribution is 2.27. The number of hydrogen-bond donors (Lipinski definition) is 1. The highest BCUT2D eigenvalue weighted by molar-refractivity contribution is 7.99. The second kappa shape index (κ2) is 7.26. The Kier molecular flexibility index (Phi) is 5.60. The van der Waals surface area contributed by atoms with Gasteiger partial charge in [-0.15, -0.1) is 0 Å². The van der Waals surface area contributed by atoms with Crippen molar-refractivity contribution in [2.24, 2.45) is 7.05 Å². The Morgan fingerprint density at radius 2 is 2.23 bits per heavy atom. The Bertz CT molecular complexity index is 731. The molecule has 2 rings (SSSR count). The minimum absolute atomic E-state index is 0.0959. The summed E-state index contributed by atoms with van der Waals surface area (Å²) in [4.78, 5) is 0.151. The van der Waals surface area contributed by atoms with E-state index in [0.29, 0.717) is 12.3 Å². The standard InChI is InChI=1S/C14H18FN3O2S2/c1-11(12-4-3-5-13(15)8-12)21-7-6-17-22(19,20)14-9-16-18(2)10-14/h3-5,8-11,17H,6-7H2,1-2H3. The van der Waals surface area contributed by atoms with E-state index in [-0.39, 0.29) is 16.0 Å². The highest BCUT2D eigenvalue weighted by atomic mass is 32.2. The molecule has 0 radical (unpaired) electrons. The zero-order valence-electron chi connectivity index (χ0n) is 12.4. The summed E-state index contributed by atoms with van der Waals surface area (Å²) < 4.78 is 41.1.